The van der Waals surface area contributed by atoms with E-state index >= 15 is 0 Å². The molecule has 7 heteroatoms. The van der Waals surface area contributed by atoms with Crippen LogP contribution in [0.3, 0.4) is 0 Å². The molecule has 7 nitrogen and oxygen atoms in total. The van der Waals surface area contributed by atoms with Crippen molar-refractivity contribution in [3.63, 3.8) is 0 Å². The number of nitrogens with two attached hydrogens (primary N) is 1. The van der Waals surface area contributed by atoms with Crippen LogP contribution < -0.4 is 25.8 Å². The second kappa shape index (κ2) is 7.02. The fourth-order valence-corrected chi connectivity index (χ4v) is 2.19. The lowest BCUT2D eigenvalue weighted by Gasteiger charge is -2.21. The zero-order valence-electron chi connectivity index (χ0n) is 12.7. The van der Waals surface area contributed by atoms with E-state index in [1.165, 1.54) is 0 Å². The summed E-state index contributed by atoms with van der Waals surface area (Å²) in [6.07, 6.45) is 0. The first kappa shape index (κ1) is 15.9. The molecule has 0 fully saturated rings. The molecule has 0 aliphatic carbocycles. The first-order chi connectivity index (χ1) is 10.5. The number of urea groups is 1. The Balaban J connectivity index is 1.96. The summed E-state index contributed by atoms with van der Waals surface area (Å²) in [5.41, 5.74) is 5.98. The summed E-state index contributed by atoms with van der Waals surface area (Å²) in [5, 5.41) is 5.23. The van der Waals surface area contributed by atoms with Crippen molar-refractivity contribution in [2.45, 2.75) is 26.4 Å². The van der Waals surface area contributed by atoms with Crippen molar-refractivity contribution in [3.05, 3.63) is 23.8 Å². The second-order valence-corrected chi connectivity index (χ2v) is 5.43. The zero-order valence-corrected chi connectivity index (χ0v) is 12.7. The summed E-state index contributed by atoms with van der Waals surface area (Å²) in [5.74, 6) is 1.04. The van der Waals surface area contributed by atoms with E-state index in [4.69, 9.17) is 15.2 Å². The molecule has 0 aromatic heterocycles. The average molecular weight is 307 g/mol. The molecule has 1 aromatic rings. The van der Waals surface area contributed by atoms with Crippen LogP contribution in [0.1, 0.15) is 19.4 Å². The highest BCUT2D eigenvalue weighted by Gasteiger charge is 2.23. The average Bonchev–Trinajstić information content (AvgIpc) is 2.49. The monoisotopic (exact) mass is 307 g/mol. The predicted octanol–water partition coefficient (Wildman–Crippen LogP) is 0.767. The Morgan fingerprint density at radius 3 is 2.55 bits per heavy atom. The molecule has 0 saturated carbocycles. The van der Waals surface area contributed by atoms with Gasteiger partial charge >= 0.3 is 6.03 Å². The van der Waals surface area contributed by atoms with Crippen LogP contribution in [0.2, 0.25) is 0 Å². The van der Waals surface area contributed by atoms with Gasteiger partial charge in [0.25, 0.3) is 0 Å². The molecule has 22 heavy (non-hydrogen) atoms. The van der Waals surface area contributed by atoms with Gasteiger partial charge in [0.1, 0.15) is 19.3 Å². The first-order valence-electron chi connectivity index (χ1n) is 7.19. The maximum atomic E-state index is 12.1. The lowest BCUT2D eigenvalue weighted by Crippen LogP contribution is -2.51. The van der Waals surface area contributed by atoms with Crippen LogP contribution in [0.25, 0.3) is 0 Å². The first-order valence-corrected chi connectivity index (χ1v) is 7.19. The molecule has 1 heterocycles. The van der Waals surface area contributed by atoms with Crippen LogP contribution in [-0.2, 0) is 11.3 Å². The van der Waals surface area contributed by atoms with E-state index < -0.39 is 12.1 Å². The van der Waals surface area contributed by atoms with Gasteiger partial charge in [0.05, 0.1) is 0 Å². The molecule has 3 amide bonds. The number of hydrogen-bond acceptors (Lipinski definition) is 4. The number of amides is 3. The van der Waals surface area contributed by atoms with E-state index in [9.17, 15) is 9.59 Å². The number of ether oxygens (including phenoxy) is 2. The standard InChI is InChI=1S/C15H21N3O4/c1-9(2)13(18-15(16)20)14(19)17-8-10-3-4-11-12(7-10)22-6-5-21-11/h3-4,7,9,13H,5-6,8H2,1-2H3,(H,17,19)(H3,16,18,20). The van der Waals surface area contributed by atoms with Gasteiger partial charge in [0.15, 0.2) is 11.5 Å². The van der Waals surface area contributed by atoms with Crippen molar-refractivity contribution in [2.24, 2.45) is 11.7 Å². The minimum atomic E-state index is -0.715. The summed E-state index contributed by atoms with van der Waals surface area (Å²) in [4.78, 5) is 23.1. The van der Waals surface area contributed by atoms with E-state index in [0.29, 0.717) is 31.3 Å². The zero-order chi connectivity index (χ0) is 16.1. The summed E-state index contributed by atoms with van der Waals surface area (Å²) < 4.78 is 10.9. The number of nitrogens with one attached hydrogen (secondary N) is 2. The molecule has 1 aliphatic rings. The van der Waals surface area contributed by atoms with Crippen molar-refractivity contribution < 1.29 is 19.1 Å². The van der Waals surface area contributed by atoms with Gasteiger partial charge in [0.2, 0.25) is 5.91 Å². The van der Waals surface area contributed by atoms with E-state index in [0.717, 1.165) is 5.56 Å². The number of benzene rings is 1. The Kier molecular flexibility index (Phi) is 5.08. The van der Waals surface area contributed by atoms with Crippen molar-refractivity contribution in [1.29, 1.82) is 0 Å². The van der Waals surface area contributed by atoms with Crippen LogP contribution in [0, 0.1) is 5.92 Å². The van der Waals surface area contributed by atoms with Crippen LogP contribution >= 0.6 is 0 Å². The number of carbonyl (C=O) groups excluding carboxylic acids is 2. The summed E-state index contributed by atoms with van der Waals surface area (Å²) in [6.45, 7) is 5.06. The van der Waals surface area contributed by atoms with E-state index in [-0.39, 0.29) is 11.8 Å². The minimum absolute atomic E-state index is 0.0623. The van der Waals surface area contributed by atoms with E-state index in [1.807, 2.05) is 32.0 Å². The van der Waals surface area contributed by atoms with Gasteiger partial charge < -0.3 is 25.8 Å². The second-order valence-electron chi connectivity index (χ2n) is 5.43. The highest BCUT2D eigenvalue weighted by molar-refractivity contribution is 5.86. The molecule has 1 aromatic carbocycles. The molecule has 0 radical (unpaired) electrons. The van der Waals surface area contributed by atoms with Gasteiger partial charge in [-0.3, -0.25) is 4.79 Å². The van der Waals surface area contributed by atoms with Crippen LogP contribution in [0.15, 0.2) is 18.2 Å². The third kappa shape index (κ3) is 4.03. The van der Waals surface area contributed by atoms with Crippen molar-refractivity contribution in [3.8, 4) is 11.5 Å². The smallest absolute Gasteiger partial charge is 0.312 e. The number of hydrogen-bond donors (Lipinski definition) is 3. The Hall–Kier alpha value is -2.44. The van der Waals surface area contributed by atoms with Crippen LogP contribution in [0.4, 0.5) is 4.79 Å². The maximum Gasteiger partial charge on any atom is 0.312 e. The largest absolute Gasteiger partial charge is 0.486 e. The van der Waals surface area contributed by atoms with Crippen molar-refractivity contribution >= 4 is 11.9 Å². The van der Waals surface area contributed by atoms with E-state index in [1.54, 1.807) is 0 Å². The van der Waals surface area contributed by atoms with Gasteiger partial charge in [0, 0.05) is 6.54 Å². The SMILES string of the molecule is CC(C)C(NC(N)=O)C(=O)NCc1ccc2c(c1)OCCO2. The molecular weight excluding hydrogens is 286 g/mol. The topological polar surface area (TPSA) is 103 Å². The summed E-state index contributed by atoms with van der Waals surface area (Å²) in [7, 11) is 0. The van der Waals surface area contributed by atoms with Crippen molar-refractivity contribution in [2.75, 3.05) is 13.2 Å². The van der Waals surface area contributed by atoms with Crippen molar-refractivity contribution in [1.82, 2.24) is 10.6 Å². The predicted molar refractivity (Wildman–Crippen MR) is 80.6 cm³/mol. The molecule has 0 saturated heterocycles. The molecule has 1 aliphatic heterocycles. The third-order valence-electron chi connectivity index (χ3n) is 3.32. The minimum Gasteiger partial charge on any atom is -0.486 e. The van der Waals surface area contributed by atoms with Gasteiger partial charge in [-0.05, 0) is 23.6 Å². The lowest BCUT2D eigenvalue weighted by molar-refractivity contribution is -0.124. The highest BCUT2D eigenvalue weighted by atomic mass is 16.6. The summed E-state index contributed by atoms with van der Waals surface area (Å²) >= 11 is 0. The fraction of sp³-hybridized carbons (Fsp3) is 0.467. The molecule has 0 spiro atoms. The lowest BCUT2D eigenvalue weighted by atomic mass is 10.0. The number of carbonyl (C=O) groups is 2. The molecule has 4 N–H and O–H groups in total. The number of rotatable bonds is 5. The molecule has 0 bridgehead atoms. The maximum absolute atomic E-state index is 12.1. The quantitative estimate of drug-likeness (QED) is 0.747. The molecular formula is C15H21N3O4. The molecule has 1 unspecified atom stereocenters. The van der Waals surface area contributed by atoms with E-state index in [2.05, 4.69) is 10.6 Å². The number of fused-ring (bicyclic) bond motifs is 1. The summed E-state index contributed by atoms with van der Waals surface area (Å²) in [6, 6.07) is 4.14. The number of primary amides is 1. The van der Waals surface area contributed by atoms with Crippen LogP contribution in [-0.4, -0.2) is 31.2 Å². The Bertz CT molecular complexity index is 560. The molecule has 2 rings (SSSR count). The normalized spacial score (nSPS) is 14.3. The van der Waals surface area contributed by atoms with Gasteiger partial charge in [-0.15, -0.1) is 0 Å². The highest BCUT2D eigenvalue weighted by Crippen LogP contribution is 2.30. The Morgan fingerprint density at radius 2 is 1.91 bits per heavy atom. The van der Waals surface area contributed by atoms with Gasteiger partial charge in [-0.25, -0.2) is 4.79 Å². The third-order valence-corrected chi connectivity index (χ3v) is 3.32. The van der Waals surface area contributed by atoms with Gasteiger partial charge in [-0.2, -0.15) is 0 Å². The molecule has 1 atom stereocenters. The van der Waals surface area contributed by atoms with Gasteiger partial charge in [-0.1, -0.05) is 19.9 Å². The fourth-order valence-electron chi connectivity index (χ4n) is 2.19. The van der Waals surface area contributed by atoms with Crippen LogP contribution in [0.5, 0.6) is 11.5 Å². The Morgan fingerprint density at radius 1 is 1.23 bits per heavy atom. The molecule has 120 valence electrons. The Labute approximate surface area is 129 Å².